The number of hydrogen-bond acceptors (Lipinski definition) is 3. The van der Waals surface area contributed by atoms with Gasteiger partial charge in [0.1, 0.15) is 18.1 Å². The lowest BCUT2D eigenvalue weighted by Crippen LogP contribution is -1.96. The van der Waals surface area contributed by atoms with Crippen molar-refractivity contribution >= 4 is 12.0 Å². The van der Waals surface area contributed by atoms with Crippen LogP contribution in [0.3, 0.4) is 0 Å². The number of rotatable bonds is 5. The fraction of sp³-hybridized carbons (Fsp3) is 0.154. The van der Waals surface area contributed by atoms with E-state index in [1.165, 1.54) is 13.2 Å². The van der Waals surface area contributed by atoms with Gasteiger partial charge in [-0.05, 0) is 24.3 Å². The van der Waals surface area contributed by atoms with E-state index in [0.29, 0.717) is 17.1 Å². The van der Waals surface area contributed by atoms with Gasteiger partial charge in [0.25, 0.3) is 0 Å². The Morgan fingerprint density at radius 2 is 2.35 bits per heavy atom. The summed E-state index contributed by atoms with van der Waals surface area (Å²) in [4.78, 5) is 10.5. The molecule has 1 N–H and O–H groups in total. The molecule has 4 nitrogen and oxygen atoms in total. The highest BCUT2D eigenvalue weighted by molar-refractivity contribution is 5.86. The van der Waals surface area contributed by atoms with Gasteiger partial charge in [-0.3, -0.25) is 0 Å². The van der Waals surface area contributed by atoms with Crippen molar-refractivity contribution in [2.75, 3.05) is 13.7 Å². The summed E-state index contributed by atoms with van der Waals surface area (Å²) in [7, 11) is 1.53. The molecule has 0 saturated carbocycles. The Balaban J connectivity index is 3.03. The van der Waals surface area contributed by atoms with Crippen molar-refractivity contribution < 1.29 is 19.4 Å². The number of aliphatic carboxylic acids is 1. The van der Waals surface area contributed by atoms with E-state index in [1.807, 2.05) is 0 Å². The van der Waals surface area contributed by atoms with Gasteiger partial charge in [-0.2, -0.15) is 0 Å². The maximum Gasteiger partial charge on any atom is 0.328 e. The third kappa shape index (κ3) is 3.92. The fourth-order valence-corrected chi connectivity index (χ4v) is 1.20. The molecule has 0 aromatic heterocycles. The molecular weight excluding hydrogens is 220 g/mol. The van der Waals surface area contributed by atoms with Crippen LogP contribution in [0.5, 0.6) is 11.5 Å². The van der Waals surface area contributed by atoms with E-state index in [4.69, 9.17) is 21.0 Å². The first-order chi connectivity index (χ1) is 8.17. The molecule has 0 amide bonds. The van der Waals surface area contributed by atoms with Crippen molar-refractivity contribution in [1.29, 1.82) is 0 Å². The van der Waals surface area contributed by atoms with Gasteiger partial charge in [0.2, 0.25) is 0 Å². The van der Waals surface area contributed by atoms with Crippen LogP contribution in [0.15, 0.2) is 24.3 Å². The van der Waals surface area contributed by atoms with E-state index in [1.54, 1.807) is 18.2 Å². The number of carbonyl (C=O) groups is 1. The minimum Gasteiger partial charge on any atom is -0.497 e. The van der Waals surface area contributed by atoms with Crippen LogP contribution in [-0.2, 0) is 4.79 Å². The second-order valence-electron chi connectivity index (χ2n) is 3.07. The van der Waals surface area contributed by atoms with Gasteiger partial charge in [0, 0.05) is 11.6 Å². The quantitative estimate of drug-likeness (QED) is 0.621. The molecule has 0 atom stereocenters. The minimum absolute atomic E-state index is 0.125. The van der Waals surface area contributed by atoms with Gasteiger partial charge in [0.05, 0.1) is 7.11 Å². The highest BCUT2D eigenvalue weighted by atomic mass is 16.5. The topological polar surface area (TPSA) is 55.8 Å². The summed E-state index contributed by atoms with van der Waals surface area (Å²) < 4.78 is 10.3. The molecule has 0 radical (unpaired) electrons. The predicted molar refractivity (Wildman–Crippen MR) is 64.0 cm³/mol. The van der Waals surface area contributed by atoms with Gasteiger partial charge in [-0.15, -0.1) is 6.42 Å². The molecule has 0 bridgehead atoms. The van der Waals surface area contributed by atoms with Crippen LogP contribution in [0.1, 0.15) is 5.56 Å². The first-order valence-corrected chi connectivity index (χ1v) is 4.82. The highest BCUT2D eigenvalue weighted by Crippen LogP contribution is 2.25. The summed E-state index contributed by atoms with van der Waals surface area (Å²) in [5.74, 6) is 2.44. The van der Waals surface area contributed by atoms with Crippen molar-refractivity contribution in [2.24, 2.45) is 0 Å². The normalized spacial score (nSPS) is 9.88. The SMILES string of the molecule is C#CCOc1ccc(OC)cc1/C=C/C(=O)O. The van der Waals surface area contributed by atoms with Crippen LogP contribution >= 0.6 is 0 Å². The predicted octanol–water partition coefficient (Wildman–Crippen LogP) is 1.81. The van der Waals surface area contributed by atoms with Crippen LogP contribution in [-0.4, -0.2) is 24.8 Å². The molecule has 17 heavy (non-hydrogen) atoms. The summed E-state index contributed by atoms with van der Waals surface area (Å²) in [5.41, 5.74) is 0.599. The third-order valence-corrected chi connectivity index (χ3v) is 1.93. The maximum absolute atomic E-state index is 10.5. The van der Waals surface area contributed by atoms with Gasteiger partial charge >= 0.3 is 5.97 Å². The van der Waals surface area contributed by atoms with Crippen LogP contribution in [0.25, 0.3) is 6.08 Å². The molecule has 0 aliphatic carbocycles. The fourth-order valence-electron chi connectivity index (χ4n) is 1.20. The summed E-state index contributed by atoms with van der Waals surface area (Å²) in [6, 6.07) is 5.06. The summed E-state index contributed by atoms with van der Waals surface area (Å²) in [6.45, 7) is 0.125. The summed E-state index contributed by atoms with van der Waals surface area (Å²) in [6.07, 6.45) is 7.55. The molecular formula is C13H12O4. The first-order valence-electron chi connectivity index (χ1n) is 4.82. The zero-order valence-corrected chi connectivity index (χ0v) is 9.34. The lowest BCUT2D eigenvalue weighted by atomic mass is 10.1. The largest absolute Gasteiger partial charge is 0.497 e. The zero-order valence-electron chi connectivity index (χ0n) is 9.34. The zero-order chi connectivity index (χ0) is 12.7. The Morgan fingerprint density at radius 3 is 2.94 bits per heavy atom. The average molecular weight is 232 g/mol. The van der Waals surface area contributed by atoms with Gasteiger partial charge < -0.3 is 14.6 Å². The van der Waals surface area contributed by atoms with Crippen LogP contribution in [0.4, 0.5) is 0 Å². The van der Waals surface area contributed by atoms with Crippen LogP contribution in [0, 0.1) is 12.3 Å². The van der Waals surface area contributed by atoms with Gasteiger partial charge in [-0.25, -0.2) is 4.79 Å². The lowest BCUT2D eigenvalue weighted by Gasteiger charge is -2.08. The number of methoxy groups -OCH3 is 1. The first kappa shape index (κ1) is 12.7. The average Bonchev–Trinajstić information content (AvgIpc) is 2.34. The minimum atomic E-state index is -1.03. The number of carboxylic acids is 1. The molecule has 4 heteroatoms. The van der Waals surface area contributed by atoms with E-state index in [9.17, 15) is 4.79 Å². The Hall–Kier alpha value is -2.41. The monoisotopic (exact) mass is 232 g/mol. The van der Waals surface area contributed by atoms with E-state index in [-0.39, 0.29) is 6.61 Å². The van der Waals surface area contributed by atoms with E-state index in [0.717, 1.165) is 6.08 Å². The molecule has 1 aromatic rings. The standard InChI is InChI=1S/C13H12O4/c1-3-8-17-12-6-5-11(16-2)9-10(12)4-7-13(14)15/h1,4-7,9H,8H2,2H3,(H,14,15)/b7-4+. The molecule has 0 saturated heterocycles. The number of terminal acetylenes is 1. The summed E-state index contributed by atoms with van der Waals surface area (Å²) >= 11 is 0. The second-order valence-corrected chi connectivity index (χ2v) is 3.07. The maximum atomic E-state index is 10.5. The lowest BCUT2D eigenvalue weighted by molar-refractivity contribution is -0.131. The smallest absolute Gasteiger partial charge is 0.328 e. The number of ether oxygens (including phenoxy) is 2. The van der Waals surface area contributed by atoms with Crippen LogP contribution < -0.4 is 9.47 Å². The number of carboxylic acid groups (broad SMARTS) is 1. The Bertz CT molecular complexity index is 469. The van der Waals surface area contributed by atoms with Crippen molar-refractivity contribution in [1.82, 2.24) is 0 Å². The molecule has 0 heterocycles. The third-order valence-electron chi connectivity index (χ3n) is 1.93. The molecule has 1 rings (SSSR count). The van der Waals surface area contributed by atoms with E-state index < -0.39 is 5.97 Å². The molecule has 1 aromatic carbocycles. The van der Waals surface area contributed by atoms with Crippen molar-refractivity contribution in [2.45, 2.75) is 0 Å². The molecule has 0 spiro atoms. The highest BCUT2D eigenvalue weighted by Gasteiger charge is 2.03. The Labute approximate surface area is 99.5 Å². The van der Waals surface area contributed by atoms with Gasteiger partial charge in [0.15, 0.2) is 0 Å². The molecule has 0 unspecified atom stereocenters. The Kier molecular flexibility index (Phi) is 4.64. The second kappa shape index (κ2) is 6.23. The van der Waals surface area contributed by atoms with Gasteiger partial charge in [-0.1, -0.05) is 5.92 Å². The van der Waals surface area contributed by atoms with Crippen LogP contribution in [0.2, 0.25) is 0 Å². The Morgan fingerprint density at radius 1 is 1.59 bits per heavy atom. The molecule has 0 fully saturated rings. The van der Waals surface area contributed by atoms with Crippen molar-refractivity contribution in [3.05, 3.63) is 29.8 Å². The van der Waals surface area contributed by atoms with Crippen molar-refractivity contribution in [3.8, 4) is 23.8 Å². The molecule has 88 valence electrons. The molecule has 0 aliphatic heterocycles. The number of hydrogen-bond donors (Lipinski definition) is 1. The number of benzene rings is 1. The van der Waals surface area contributed by atoms with E-state index >= 15 is 0 Å². The van der Waals surface area contributed by atoms with Crippen molar-refractivity contribution in [3.63, 3.8) is 0 Å². The summed E-state index contributed by atoms with van der Waals surface area (Å²) in [5, 5.41) is 8.58. The molecule has 0 aliphatic rings. The van der Waals surface area contributed by atoms with E-state index in [2.05, 4.69) is 5.92 Å².